The number of aromatic nitrogens is 1. The third kappa shape index (κ3) is 3.26. The topological polar surface area (TPSA) is 24.9 Å². The molecule has 0 saturated heterocycles. The van der Waals surface area contributed by atoms with Gasteiger partial charge in [-0.05, 0) is 44.1 Å². The minimum Gasteiger partial charge on any atom is -0.319 e. The van der Waals surface area contributed by atoms with E-state index in [1.54, 1.807) is 6.20 Å². The highest BCUT2D eigenvalue weighted by atomic mass is 19.1. The summed E-state index contributed by atoms with van der Waals surface area (Å²) in [5, 5.41) is 3.05. The number of hydrogen-bond donors (Lipinski definition) is 1. The Bertz CT molecular complexity index is 321. The van der Waals surface area contributed by atoms with Crippen LogP contribution in [-0.4, -0.2) is 18.6 Å². The lowest BCUT2D eigenvalue weighted by molar-refractivity contribution is 0.582. The van der Waals surface area contributed by atoms with Gasteiger partial charge in [-0.2, -0.15) is 4.39 Å². The van der Waals surface area contributed by atoms with Crippen molar-refractivity contribution in [1.29, 1.82) is 0 Å². The number of hydrogen-bond acceptors (Lipinski definition) is 2. The first-order valence-electron chi connectivity index (χ1n) is 4.67. The molecule has 0 unspecified atom stereocenters. The van der Waals surface area contributed by atoms with Crippen LogP contribution in [0.3, 0.4) is 0 Å². The summed E-state index contributed by atoms with van der Waals surface area (Å²) in [6, 6.07) is 1.44. The van der Waals surface area contributed by atoms with Gasteiger partial charge in [0.2, 0.25) is 5.95 Å². The summed E-state index contributed by atoms with van der Waals surface area (Å²) in [5.74, 6) is -0.421. The molecule has 0 spiro atoms. The normalized spacial score (nSPS) is 11.1. The van der Waals surface area contributed by atoms with Crippen LogP contribution in [0, 0.1) is 12.9 Å². The van der Waals surface area contributed by atoms with Gasteiger partial charge in [0.25, 0.3) is 0 Å². The van der Waals surface area contributed by atoms with Gasteiger partial charge >= 0.3 is 0 Å². The molecule has 1 aromatic heterocycles. The zero-order valence-electron chi connectivity index (χ0n) is 8.55. The highest BCUT2D eigenvalue weighted by Crippen LogP contribution is 2.09. The van der Waals surface area contributed by atoms with Crippen molar-refractivity contribution < 1.29 is 4.39 Å². The van der Waals surface area contributed by atoms with Crippen molar-refractivity contribution in [2.45, 2.75) is 13.3 Å². The largest absolute Gasteiger partial charge is 0.319 e. The molecule has 0 aliphatic heterocycles. The van der Waals surface area contributed by atoms with Crippen LogP contribution in [0.15, 0.2) is 18.3 Å². The van der Waals surface area contributed by atoms with Gasteiger partial charge in [0.15, 0.2) is 0 Å². The molecule has 0 bridgehead atoms. The maximum atomic E-state index is 12.6. The molecule has 0 atom stereocenters. The molecular formula is C11H15FN2. The van der Waals surface area contributed by atoms with Crippen LogP contribution in [0.4, 0.5) is 4.39 Å². The summed E-state index contributed by atoms with van der Waals surface area (Å²) in [5.41, 5.74) is 1.89. The molecule has 1 heterocycles. The number of pyridine rings is 1. The third-order valence-corrected chi connectivity index (χ3v) is 1.98. The van der Waals surface area contributed by atoms with E-state index < -0.39 is 5.95 Å². The van der Waals surface area contributed by atoms with Crippen molar-refractivity contribution in [3.8, 4) is 0 Å². The van der Waals surface area contributed by atoms with Crippen molar-refractivity contribution in [1.82, 2.24) is 10.3 Å². The van der Waals surface area contributed by atoms with E-state index in [9.17, 15) is 4.39 Å². The molecule has 0 aromatic carbocycles. The maximum absolute atomic E-state index is 12.6. The predicted molar refractivity (Wildman–Crippen MR) is 56.5 cm³/mol. The van der Waals surface area contributed by atoms with E-state index in [0.717, 1.165) is 24.1 Å². The minimum atomic E-state index is -0.421. The van der Waals surface area contributed by atoms with Gasteiger partial charge in [-0.15, -0.1) is 0 Å². The van der Waals surface area contributed by atoms with Crippen LogP contribution in [0.25, 0.3) is 6.08 Å². The van der Waals surface area contributed by atoms with Gasteiger partial charge in [-0.1, -0.05) is 12.2 Å². The lowest BCUT2D eigenvalue weighted by Crippen LogP contribution is -2.05. The Labute approximate surface area is 83.9 Å². The average Bonchev–Trinajstić information content (AvgIpc) is 2.15. The van der Waals surface area contributed by atoms with Crippen LogP contribution in [0.5, 0.6) is 0 Å². The average molecular weight is 194 g/mol. The highest BCUT2D eigenvalue weighted by molar-refractivity contribution is 5.51. The zero-order chi connectivity index (χ0) is 10.4. The molecule has 3 heteroatoms. The van der Waals surface area contributed by atoms with Crippen molar-refractivity contribution in [3.63, 3.8) is 0 Å². The van der Waals surface area contributed by atoms with Crippen LogP contribution >= 0.6 is 0 Å². The van der Waals surface area contributed by atoms with Crippen molar-refractivity contribution in [3.05, 3.63) is 35.4 Å². The summed E-state index contributed by atoms with van der Waals surface area (Å²) < 4.78 is 12.6. The Morgan fingerprint density at radius 1 is 1.57 bits per heavy atom. The Morgan fingerprint density at radius 3 is 3.00 bits per heavy atom. The Hall–Kier alpha value is -1.22. The first-order valence-corrected chi connectivity index (χ1v) is 4.67. The Morgan fingerprint density at radius 2 is 2.36 bits per heavy atom. The number of halogens is 1. The van der Waals surface area contributed by atoms with Crippen molar-refractivity contribution in [2.75, 3.05) is 13.6 Å². The number of nitrogens with zero attached hydrogens (tertiary/aromatic N) is 1. The monoisotopic (exact) mass is 194 g/mol. The first-order chi connectivity index (χ1) is 6.74. The zero-order valence-corrected chi connectivity index (χ0v) is 8.55. The van der Waals surface area contributed by atoms with Crippen molar-refractivity contribution in [2.24, 2.45) is 0 Å². The second kappa shape index (κ2) is 5.50. The van der Waals surface area contributed by atoms with Crippen LogP contribution < -0.4 is 5.32 Å². The molecule has 1 N–H and O–H groups in total. The van der Waals surface area contributed by atoms with Gasteiger partial charge in [-0.25, -0.2) is 4.98 Å². The van der Waals surface area contributed by atoms with E-state index in [1.807, 2.05) is 20.0 Å². The lowest BCUT2D eigenvalue weighted by Gasteiger charge is -1.98. The summed E-state index contributed by atoms with van der Waals surface area (Å²) in [7, 11) is 1.92. The van der Waals surface area contributed by atoms with Gasteiger partial charge in [-0.3, -0.25) is 0 Å². The number of rotatable bonds is 4. The second-order valence-corrected chi connectivity index (χ2v) is 3.16. The van der Waals surface area contributed by atoms with E-state index in [-0.39, 0.29) is 0 Å². The molecule has 76 valence electrons. The summed E-state index contributed by atoms with van der Waals surface area (Å²) >= 11 is 0. The highest BCUT2D eigenvalue weighted by Gasteiger charge is 1.96. The SMILES string of the molecule is CNCCC=Cc1cnc(F)cc1C. The molecule has 14 heavy (non-hydrogen) atoms. The molecule has 1 rings (SSSR count). The predicted octanol–water partition coefficient (Wildman–Crippen LogP) is 2.15. The number of nitrogens with one attached hydrogen (secondary N) is 1. The van der Waals surface area contributed by atoms with Gasteiger partial charge < -0.3 is 5.32 Å². The molecule has 0 aliphatic carbocycles. The van der Waals surface area contributed by atoms with Crippen LogP contribution in [0.2, 0.25) is 0 Å². The van der Waals surface area contributed by atoms with E-state index in [2.05, 4.69) is 16.4 Å². The molecule has 0 fully saturated rings. The van der Waals surface area contributed by atoms with E-state index in [4.69, 9.17) is 0 Å². The molecule has 0 saturated carbocycles. The molecule has 2 nitrogen and oxygen atoms in total. The van der Waals surface area contributed by atoms with Gasteiger partial charge in [0, 0.05) is 6.20 Å². The molecule has 1 aromatic rings. The fourth-order valence-corrected chi connectivity index (χ4v) is 1.14. The molecular weight excluding hydrogens is 179 g/mol. The van der Waals surface area contributed by atoms with Crippen molar-refractivity contribution >= 4 is 6.08 Å². The standard InChI is InChI=1S/C11H15FN2/c1-9-7-11(12)14-8-10(9)5-3-4-6-13-2/h3,5,7-8,13H,4,6H2,1-2H3. The van der Waals surface area contributed by atoms with E-state index >= 15 is 0 Å². The smallest absolute Gasteiger partial charge is 0.213 e. The van der Waals surface area contributed by atoms with Crippen LogP contribution in [0.1, 0.15) is 17.5 Å². The Kier molecular flexibility index (Phi) is 4.26. The second-order valence-electron chi connectivity index (χ2n) is 3.16. The molecule has 0 amide bonds. The minimum absolute atomic E-state index is 0.421. The third-order valence-electron chi connectivity index (χ3n) is 1.98. The summed E-state index contributed by atoms with van der Waals surface area (Å²) in [6.45, 7) is 2.83. The summed E-state index contributed by atoms with van der Waals surface area (Å²) in [6.07, 6.45) is 6.55. The fraction of sp³-hybridized carbons (Fsp3) is 0.364. The lowest BCUT2D eigenvalue weighted by atomic mass is 10.1. The van der Waals surface area contributed by atoms with Gasteiger partial charge in [0.1, 0.15) is 0 Å². The quantitative estimate of drug-likeness (QED) is 0.587. The first kappa shape index (κ1) is 10.9. The Balaban J connectivity index is 2.62. The molecule has 0 aliphatic rings. The maximum Gasteiger partial charge on any atom is 0.213 e. The van der Waals surface area contributed by atoms with E-state index in [1.165, 1.54) is 6.07 Å². The fourth-order valence-electron chi connectivity index (χ4n) is 1.14. The summed E-state index contributed by atoms with van der Waals surface area (Å²) in [4.78, 5) is 3.61. The molecule has 0 radical (unpaired) electrons. The van der Waals surface area contributed by atoms with Crippen LogP contribution in [-0.2, 0) is 0 Å². The number of aryl methyl sites for hydroxylation is 1. The van der Waals surface area contributed by atoms with Gasteiger partial charge in [0.05, 0.1) is 0 Å². The van der Waals surface area contributed by atoms with E-state index in [0.29, 0.717) is 0 Å².